The number of benzene rings is 1. The van der Waals surface area contributed by atoms with Gasteiger partial charge < -0.3 is 10.6 Å². The van der Waals surface area contributed by atoms with Crippen molar-refractivity contribution < 1.29 is 4.79 Å². The number of carbonyl (C=O) groups is 1. The van der Waals surface area contributed by atoms with Gasteiger partial charge in [0.25, 0.3) is 0 Å². The molecule has 4 rings (SSSR count). The molecule has 1 aromatic heterocycles. The number of fused-ring (bicyclic) bond motifs is 1. The second-order valence-corrected chi connectivity index (χ2v) is 7.58. The molecule has 2 heterocycles. The summed E-state index contributed by atoms with van der Waals surface area (Å²) in [6, 6.07) is 6.37. The number of aryl methyl sites for hydroxylation is 1. The van der Waals surface area contributed by atoms with E-state index in [1.54, 1.807) is 4.68 Å². The molecule has 2 aliphatic rings. The number of hydrogen-bond acceptors (Lipinski definition) is 3. The van der Waals surface area contributed by atoms with Crippen molar-refractivity contribution in [2.24, 2.45) is 13.0 Å². The third-order valence-electron chi connectivity index (χ3n) is 5.23. The minimum absolute atomic E-state index is 0.0367. The molecule has 0 saturated carbocycles. The minimum Gasteiger partial charge on any atom is -0.349 e. The summed E-state index contributed by atoms with van der Waals surface area (Å²) in [6.07, 6.45) is 5.87. The topological polar surface area (TPSA) is 59.0 Å². The van der Waals surface area contributed by atoms with Gasteiger partial charge in [-0.1, -0.05) is 28.1 Å². The fourth-order valence-corrected chi connectivity index (χ4v) is 4.55. The number of carbonyl (C=O) groups excluding carboxylic acids is 1. The largest absolute Gasteiger partial charge is 0.349 e. The van der Waals surface area contributed by atoms with Crippen LogP contribution in [-0.4, -0.2) is 28.8 Å². The molecular formula is C18H21BrN4O. The molecule has 1 aromatic carbocycles. The predicted octanol–water partition coefficient (Wildman–Crippen LogP) is 2.29. The smallest absolute Gasteiger partial charge is 0.225 e. The molecule has 1 aliphatic heterocycles. The number of nitrogens with zero attached hydrogens (tertiary/aromatic N) is 2. The lowest BCUT2D eigenvalue weighted by Gasteiger charge is -2.21. The maximum absolute atomic E-state index is 12.9. The second-order valence-electron chi connectivity index (χ2n) is 6.73. The van der Waals surface area contributed by atoms with E-state index in [1.807, 2.05) is 25.5 Å². The molecule has 5 nitrogen and oxygen atoms in total. The van der Waals surface area contributed by atoms with Crippen molar-refractivity contribution >= 4 is 21.8 Å². The maximum Gasteiger partial charge on any atom is 0.225 e. The highest BCUT2D eigenvalue weighted by atomic mass is 79.9. The number of halogens is 1. The zero-order valence-corrected chi connectivity index (χ0v) is 15.2. The van der Waals surface area contributed by atoms with Gasteiger partial charge in [0, 0.05) is 36.7 Å². The van der Waals surface area contributed by atoms with Gasteiger partial charge in [0.05, 0.1) is 18.2 Å². The Hall–Kier alpha value is -1.66. The van der Waals surface area contributed by atoms with Crippen LogP contribution in [0, 0.1) is 5.92 Å². The minimum atomic E-state index is -0.0367. The number of aromatic nitrogens is 2. The van der Waals surface area contributed by atoms with Crippen LogP contribution in [0.2, 0.25) is 0 Å². The van der Waals surface area contributed by atoms with Crippen molar-refractivity contribution in [2.75, 3.05) is 13.1 Å². The first-order valence-corrected chi connectivity index (χ1v) is 9.19. The van der Waals surface area contributed by atoms with Crippen LogP contribution in [0.4, 0.5) is 0 Å². The molecule has 24 heavy (non-hydrogen) atoms. The van der Waals surface area contributed by atoms with Crippen molar-refractivity contribution in [3.8, 4) is 0 Å². The highest BCUT2D eigenvalue weighted by Crippen LogP contribution is 2.36. The third kappa shape index (κ3) is 2.78. The summed E-state index contributed by atoms with van der Waals surface area (Å²) in [5, 5.41) is 10.9. The van der Waals surface area contributed by atoms with Crippen LogP contribution in [-0.2, 0) is 18.3 Å². The van der Waals surface area contributed by atoms with E-state index in [9.17, 15) is 4.79 Å². The average Bonchev–Trinajstić information content (AvgIpc) is 3.27. The molecule has 2 aromatic rings. The van der Waals surface area contributed by atoms with E-state index >= 15 is 0 Å². The lowest BCUT2D eigenvalue weighted by molar-refractivity contribution is -0.125. The summed E-state index contributed by atoms with van der Waals surface area (Å²) >= 11 is 3.62. The summed E-state index contributed by atoms with van der Waals surface area (Å²) in [5.41, 5.74) is 3.72. The normalized spacial score (nSPS) is 25.7. The van der Waals surface area contributed by atoms with E-state index in [0.29, 0.717) is 0 Å². The molecular weight excluding hydrogens is 368 g/mol. The molecule has 1 amide bonds. The Bertz CT molecular complexity index is 772. The fourth-order valence-electron chi connectivity index (χ4n) is 3.97. The monoisotopic (exact) mass is 388 g/mol. The fraction of sp³-hybridized carbons (Fsp3) is 0.444. The van der Waals surface area contributed by atoms with Crippen LogP contribution < -0.4 is 10.6 Å². The Morgan fingerprint density at radius 3 is 3.08 bits per heavy atom. The van der Waals surface area contributed by atoms with Gasteiger partial charge in [-0.3, -0.25) is 9.48 Å². The summed E-state index contributed by atoms with van der Waals surface area (Å²) < 4.78 is 2.94. The molecule has 1 saturated heterocycles. The lowest BCUT2D eigenvalue weighted by Crippen LogP contribution is -2.36. The molecule has 0 bridgehead atoms. The van der Waals surface area contributed by atoms with Crippen molar-refractivity contribution in [1.82, 2.24) is 20.4 Å². The van der Waals surface area contributed by atoms with Crippen LogP contribution in [0.15, 0.2) is 35.1 Å². The molecule has 1 aliphatic carbocycles. The van der Waals surface area contributed by atoms with Crippen molar-refractivity contribution in [1.29, 1.82) is 0 Å². The van der Waals surface area contributed by atoms with Crippen molar-refractivity contribution in [3.05, 3.63) is 51.8 Å². The van der Waals surface area contributed by atoms with Gasteiger partial charge in [-0.25, -0.2) is 0 Å². The second kappa shape index (κ2) is 6.33. The summed E-state index contributed by atoms with van der Waals surface area (Å²) in [4.78, 5) is 12.9. The molecule has 1 unspecified atom stereocenters. The molecule has 126 valence electrons. The van der Waals surface area contributed by atoms with E-state index in [4.69, 9.17) is 0 Å². The molecule has 2 N–H and O–H groups in total. The van der Waals surface area contributed by atoms with Crippen LogP contribution >= 0.6 is 15.9 Å². The Kier molecular flexibility index (Phi) is 4.18. The number of nitrogens with one attached hydrogen (secondary N) is 2. The SMILES string of the molecule is Cn1cc([C@H]2CNC[C@@H]2C(=O)NC2CCc3c(Br)cccc32)cn1. The summed E-state index contributed by atoms with van der Waals surface area (Å²) in [5.74, 6) is 0.305. The average molecular weight is 389 g/mol. The van der Waals surface area contributed by atoms with Crippen molar-refractivity contribution in [3.63, 3.8) is 0 Å². The molecule has 1 fully saturated rings. The zero-order chi connectivity index (χ0) is 16.7. The van der Waals surface area contributed by atoms with Gasteiger partial charge >= 0.3 is 0 Å². The maximum atomic E-state index is 12.9. The molecule has 0 radical (unpaired) electrons. The zero-order valence-electron chi connectivity index (χ0n) is 13.6. The predicted molar refractivity (Wildman–Crippen MR) is 95.7 cm³/mol. The van der Waals surface area contributed by atoms with Crippen LogP contribution in [0.3, 0.4) is 0 Å². The summed E-state index contributed by atoms with van der Waals surface area (Å²) in [7, 11) is 1.91. The van der Waals surface area contributed by atoms with E-state index < -0.39 is 0 Å². The first-order valence-electron chi connectivity index (χ1n) is 8.40. The highest BCUT2D eigenvalue weighted by molar-refractivity contribution is 9.10. The highest BCUT2D eigenvalue weighted by Gasteiger charge is 2.36. The van der Waals surface area contributed by atoms with E-state index in [1.165, 1.54) is 11.1 Å². The first kappa shape index (κ1) is 15.8. The van der Waals surface area contributed by atoms with Crippen LogP contribution in [0.5, 0.6) is 0 Å². The van der Waals surface area contributed by atoms with E-state index in [0.717, 1.165) is 36.0 Å². The van der Waals surface area contributed by atoms with Crippen LogP contribution in [0.25, 0.3) is 0 Å². The summed E-state index contributed by atoms with van der Waals surface area (Å²) in [6.45, 7) is 1.56. The first-order chi connectivity index (χ1) is 11.6. The Balaban J connectivity index is 1.50. The van der Waals surface area contributed by atoms with Gasteiger partial charge in [-0.05, 0) is 35.6 Å². The van der Waals surface area contributed by atoms with Gasteiger partial charge in [-0.15, -0.1) is 0 Å². The van der Waals surface area contributed by atoms with Crippen molar-refractivity contribution in [2.45, 2.75) is 24.8 Å². The lowest BCUT2D eigenvalue weighted by atomic mass is 9.90. The van der Waals surface area contributed by atoms with Gasteiger partial charge in [0.2, 0.25) is 5.91 Å². The molecule has 6 heteroatoms. The molecule has 0 spiro atoms. The Labute approximate surface area is 149 Å². The Morgan fingerprint density at radius 2 is 2.29 bits per heavy atom. The quantitative estimate of drug-likeness (QED) is 0.847. The van der Waals surface area contributed by atoms with Gasteiger partial charge in [0.15, 0.2) is 0 Å². The molecule has 3 atom stereocenters. The third-order valence-corrected chi connectivity index (χ3v) is 5.98. The number of rotatable bonds is 3. The number of hydrogen-bond donors (Lipinski definition) is 2. The van der Waals surface area contributed by atoms with E-state index in [2.05, 4.69) is 43.8 Å². The van der Waals surface area contributed by atoms with Gasteiger partial charge in [0.1, 0.15) is 0 Å². The van der Waals surface area contributed by atoms with Gasteiger partial charge in [-0.2, -0.15) is 5.10 Å². The number of amides is 1. The van der Waals surface area contributed by atoms with E-state index in [-0.39, 0.29) is 23.8 Å². The Morgan fingerprint density at radius 1 is 1.42 bits per heavy atom. The standard InChI is InChI=1S/C18H21BrN4O/c1-23-10-11(7-21-23)14-8-20-9-15(14)18(24)22-17-6-5-12-13(17)3-2-4-16(12)19/h2-4,7,10,14-15,17,20H,5-6,8-9H2,1H3,(H,22,24)/t14-,15+,17?/m1/s1. The van der Waals surface area contributed by atoms with Crippen LogP contribution in [0.1, 0.15) is 35.1 Å².